The Morgan fingerprint density at radius 1 is 1.05 bits per heavy atom. The van der Waals surface area contributed by atoms with Gasteiger partial charge in [-0.25, -0.2) is 18.7 Å². The van der Waals surface area contributed by atoms with Crippen LogP contribution < -0.4 is 5.73 Å². The minimum absolute atomic E-state index is 0.142. The van der Waals surface area contributed by atoms with Crippen molar-refractivity contribution < 1.29 is 22.0 Å². The number of nitrogens with zero attached hydrogens (tertiary/aromatic N) is 3. The van der Waals surface area contributed by atoms with Gasteiger partial charge in [-0.3, -0.25) is 4.98 Å². The van der Waals surface area contributed by atoms with Gasteiger partial charge in [-0.2, -0.15) is 13.2 Å². The molecule has 9 heteroatoms. The molecule has 0 aliphatic carbocycles. The predicted molar refractivity (Wildman–Crippen MR) is 63.1 cm³/mol. The molecule has 0 fully saturated rings. The minimum Gasteiger partial charge on any atom is -0.326 e. The van der Waals surface area contributed by atoms with Crippen LogP contribution in [0.25, 0.3) is 11.3 Å². The quantitative estimate of drug-likeness (QED) is 0.885. The maximum Gasteiger partial charge on any atom is 0.451 e. The first-order valence-corrected chi connectivity index (χ1v) is 5.69. The van der Waals surface area contributed by atoms with Crippen molar-refractivity contribution in [2.24, 2.45) is 5.73 Å². The summed E-state index contributed by atoms with van der Waals surface area (Å²) in [6.45, 7) is -0.142. The van der Waals surface area contributed by atoms with Crippen LogP contribution >= 0.6 is 0 Å². The largest absolute Gasteiger partial charge is 0.451 e. The second kappa shape index (κ2) is 5.68. The highest BCUT2D eigenvalue weighted by Crippen LogP contribution is 2.28. The molecule has 2 rings (SSSR count). The van der Waals surface area contributed by atoms with Crippen LogP contribution in [0.4, 0.5) is 22.0 Å². The molecule has 4 nitrogen and oxygen atoms in total. The zero-order valence-electron chi connectivity index (χ0n) is 10.4. The lowest BCUT2D eigenvalue weighted by molar-refractivity contribution is -0.144. The topological polar surface area (TPSA) is 64.7 Å². The van der Waals surface area contributed by atoms with E-state index < -0.39 is 18.4 Å². The Morgan fingerprint density at radius 3 is 2.14 bits per heavy atom. The van der Waals surface area contributed by atoms with Gasteiger partial charge in [0, 0.05) is 36.3 Å². The number of aromatic nitrogens is 3. The van der Waals surface area contributed by atoms with Crippen LogP contribution in [-0.4, -0.2) is 15.0 Å². The molecular formula is C12H9F5N4. The van der Waals surface area contributed by atoms with Crippen molar-refractivity contribution in [2.45, 2.75) is 19.1 Å². The molecule has 2 aromatic rings. The lowest BCUT2D eigenvalue weighted by atomic mass is 10.1. The molecular weight excluding hydrogens is 295 g/mol. The highest BCUT2D eigenvalue weighted by Gasteiger charge is 2.34. The van der Waals surface area contributed by atoms with Crippen LogP contribution in [0, 0.1) is 0 Å². The van der Waals surface area contributed by atoms with Gasteiger partial charge in [-0.1, -0.05) is 0 Å². The molecule has 0 aromatic carbocycles. The predicted octanol–water partition coefficient (Wildman–Crippen LogP) is 2.95. The average Bonchev–Trinajstić information content (AvgIpc) is 2.45. The Hall–Kier alpha value is -2.16. The summed E-state index contributed by atoms with van der Waals surface area (Å²) in [6.07, 6.45) is -4.57. The number of pyridine rings is 1. The zero-order valence-corrected chi connectivity index (χ0v) is 10.4. The molecule has 0 radical (unpaired) electrons. The third-order valence-corrected chi connectivity index (χ3v) is 2.68. The fourth-order valence-electron chi connectivity index (χ4n) is 1.65. The monoisotopic (exact) mass is 304 g/mol. The van der Waals surface area contributed by atoms with Crippen molar-refractivity contribution in [3.05, 3.63) is 41.6 Å². The third kappa shape index (κ3) is 3.30. The van der Waals surface area contributed by atoms with E-state index in [-0.39, 0.29) is 28.9 Å². The molecule has 2 heterocycles. The molecule has 0 aliphatic rings. The Labute approximate surface area is 115 Å². The molecule has 0 atom stereocenters. The summed E-state index contributed by atoms with van der Waals surface area (Å²) in [5.41, 5.74) is 5.58. The lowest BCUT2D eigenvalue weighted by Crippen LogP contribution is -2.10. The zero-order chi connectivity index (χ0) is 15.6. The number of rotatable bonds is 3. The van der Waals surface area contributed by atoms with E-state index in [9.17, 15) is 22.0 Å². The lowest BCUT2D eigenvalue weighted by Gasteiger charge is -2.09. The van der Waals surface area contributed by atoms with Gasteiger partial charge in [0.05, 0.1) is 5.69 Å². The van der Waals surface area contributed by atoms with Crippen LogP contribution in [0.1, 0.15) is 23.4 Å². The summed E-state index contributed by atoms with van der Waals surface area (Å²) in [5, 5.41) is 0. The summed E-state index contributed by atoms with van der Waals surface area (Å²) >= 11 is 0. The average molecular weight is 304 g/mol. The van der Waals surface area contributed by atoms with Crippen molar-refractivity contribution in [3.8, 4) is 11.3 Å². The van der Waals surface area contributed by atoms with Crippen LogP contribution in [-0.2, 0) is 12.7 Å². The molecule has 0 unspecified atom stereocenters. The van der Waals surface area contributed by atoms with E-state index in [1.807, 2.05) is 0 Å². The van der Waals surface area contributed by atoms with Gasteiger partial charge in [-0.05, 0) is 11.6 Å². The molecule has 0 amide bonds. The normalized spacial score (nSPS) is 12.0. The molecule has 0 aliphatic heterocycles. The minimum atomic E-state index is -4.64. The number of nitrogens with two attached hydrogens (primary N) is 1. The van der Waals surface area contributed by atoms with Crippen molar-refractivity contribution in [2.75, 3.05) is 0 Å². The van der Waals surface area contributed by atoms with Crippen molar-refractivity contribution in [1.82, 2.24) is 15.0 Å². The first-order valence-electron chi connectivity index (χ1n) is 5.69. The fraction of sp³-hybridized carbons (Fsp3) is 0.250. The standard InChI is InChI=1S/C12H9F5N4/c13-10(14)8-5-19-9(1-6(8)2-18)7-3-20-11(21-4-7)12(15,16)17/h1,3-5,10H,2,18H2. The molecule has 0 saturated carbocycles. The van der Waals surface area contributed by atoms with E-state index in [2.05, 4.69) is 15.0 Å². The summed E-state index contributed by atoms with van der Waals surface area (Å²) in [5.74, 6) is -1.28. The van der Waals surface area contributed by atoms with Crippen molar-refractivity contribution in [1.29, 1.82) is 0 Å². The summed E-state index contributed by atoms with van der Waals surface area (Å²) in [4.78, 5) is 10.1. The third-order valence-electron chi connectivity index (χ3n) is 2.68. The highest BCUT2D eigenvalue weighted by atomic mass is 19.4. The van der Waals surface area contributed by atoms with Gasteiger partial charge in [0.25, 0.3) is 6.43 Å². The number of hydrogen-bond donors (Lipinski definition) is 1. The molecule has 2 aromatic heterocycles. The smallest absolute Gasteiger partial charge is 0.326 e. The van der Waals surface area contributed by atoms with Gasteiger partial charge in [0.1, 0.15) is 0 Å². The van der Waals surface area contributed by atoms with E-state index in [4.69, 9.17) is 5.73 Å². The van der Waals surface area contributed by atoms with E-state index >= 15 is 0 Å². The summed E-state index contributed by atoms with van der Waals surface area (Å²) in [6, 6.07) is 1.29. The molecule has 0 saturated heterocycles. The highest BCUT2D eigenvalue weighted by molar-refractivity contribution is 5.58. The van der Waals surface area contributed by atoms with Gasteiger partial charge in [0.15, 0.2) is 0 Å². The molecule has 112 valence electrons. The maximum absolute atomic E-state index is 12.7. The summed E-state index contributed by atoms with van der Waals surface area (Å²) in [7, 11) is 0. The Morgan fingerprint density at radius 2 is 1.67 bits per heavy atom. The second-order valence-corrected chi connectivity index (χ2v) is 4.07. The molecule has 21 heavy (non-hydrogen) atoms. The van der Waals surface area contributed by atoms with Gasteiger partial charge >= 0.3 is 6.18 Å². The molecule has 0 spiro atoms. The van der Waals surface area contributed by atoms with Crippen LogP contribution in [0.5, 0.6) is 0 Å². The number of halogens is 5. The Balaban J connectivity index is 2.38. The second-order valence-electron chi connectivity index (χ2n) is 4.07. The van der Waals surface area contributed by atoms with Gasteiger partial charge in [-0.15, -0.1) is 0 Å². The van der Waals surface area contributed by atoms with Crippen LogP contribution in [0.15, 0.2) is 24.7 Å². The van der Waals surface area contributed by atoms with Gasteiger partial charge < -0.3 is 5.73 Å². The SMILES string of the molecule is NCc1cc(-c2cnc(C(F)(F)F)nc2)ncc1C(F)F. The van der Waals surface area contributed by atoms with E-state index in [1.165, 1.54) is 6.07 Å². The fourth-order valence-corrected chi connectivity index (χ4v) is 1.65. The van der Waals surface area contributed by atoms with E-state index in [1.54, 1.807) is 0 Å². The molecule has 0 bridgehead atoms. The van der Waals surface area contributed by atoms with E-state index in [0.29, 0.717) is 0 Å². The first kappa shape index (κ1) is 15.2. The first-order chi connectivity index (χ1) is 9.82. The van der Waals surface area contributed by atoms with Crippen LogP contribution in [0.2, 0.25) is 0 Å². The molecule has 2 N–H and O–H groups in total. The van der Waals surface area contributed by atoms with Gasteiger partial charge in [0.2, 0.25) is 5.82 Å². The Kier molecular flexibility index (Phi) is 4.12. The number of alkyl halides is 5. The summed E-state index contributed by atoms with van der Waals surface area (Å²) < 4.78 is 62.4. The van der Waals surface area contributed by atoms with Crippen molar-refractivity contribution in [3.63, 3.8) is 0 Å². The van der Waals surface area contributed by atoms with Crippen molar-refractivity contribution >= 4 is 0 Å². The Bertz CT molecular complexity index is 625. The van der Waals surface area contributed by atoms with Crippen LogP contribution in [0.3, 0.4) is 0 Å². The van der Waals surface area contributed by atoms with E-state index in [0.717, 1.165) is 18.6 Å². The number of hydrogen-bond acceptors (Lipinski definition) is 4. The maximum atomic E-state index is 12.7.